The van der Waals surface area contributed by atoms with Crippen LogP contribution in [0.15, 0.2) is 72.9 Å². The third-order valence-electron chi connectivity index (χ3n) is 10.2. The number of hydrogen-bond acceptors (Lipinski definition) is 6. The fourth-order valence-electron chi connectivity index (χ4n) is 6.50. The quantitative estimate of drug-likeness (QED) is 0.0200. The Hall–Kier alpha value is -3.15. The largest absolute Gasteiger partial charge is 0.462 e. The van der Waals surface area contributed by atoms with Crippen LogP contribution in [0.5, 0.6) is 0 Å². The molecule has 0 heterocycles. The van der Waals surface area contributed by atoms with Gasteiger partial charge in [-0.15, -0.1) is 0 Å². The summed E-state index contributed by atoms with van der Waals surface area (Å²) < 4.78 is 16.7. The van der Waals surface area contributed by atoms with Gasteiger partial charge in [-0.25, -0.2) is 0 Å². The molecule has 0 saturated heterocycles. The number of carbonyl (C=O) groups is 3. The van der Waals surface area contributed by atoms with E-state index in [2.05, 4.69) is 93.7 Å². The molecule has 0 aromatic rings. The van der Waals surface area contributed by atoms with Gasteiger partial charge in [0.15, 0.2) is 6.10 Å². The Labute approximate surface area is 363 Å². The van der Waals surface area contributed by atoms with Gasteiger partial charge in [-0.3, -0.25) is 14.4 Å². The molecule has 1 atom stereocenters. The van der Waals surface area contributed by atoms with E-state index in [0.717, 1.165) is 96.3 Å². The summed E-state index contributed by atoms with van der Waals surface area (Å²) in [5.41, 5.74) is 0. The molecule has 0 radical (unpaired) electrons. The Kier molecular flexibility index (Phi) is 45.0. The summed E-state index contributed by atoms with van der Waals surface area (Å²) in [6, 6.07) is 0. The Bertz CT molecular complexity index is 1130. The Morgan fingerprint density at radius 3 is 1.15 bits per heavy atom. The fourth-order valence-corrected chi connectivity index (χ4v) is 6.50. The molecule has 0 bridgehead atoms. The monoisotopic (exact) mass is 823 g/mol. The number of unbranched alkanes of at least 4 members (excludes halogenated alkanes) is 21. The molecule has 338 valence electrons. The number of ether oxygens (including phenoxy) is 3. The molecule has 1 unspecified atom stereocenters. The molecule has 0 aromatic carbocycles. The maximum Gasteiger partial charge on any atom is 0.306 e. The van der Waals surface area contributed by atoms with Gasteiger partial charge >= 0.3 is 17.9 Å². The second-order valence-corrected chi connectivity index (χ2v) is 16.0. The molecule has 0 amide bonds. The number of carbonyl (C=O) groups excluding carboxylic acids is 3. The minimum Gasteiger partial charge on any atom is -0.462 e. The second kappa shape index (κ2) is 47.5. The Balaban J connectivity index is 4.39. The zero-order chi connectivity index (χ0) is 43.0. The van der Waals surface area contributed by atoms with Crippen molar-refractivity contribution in [3.63, 3.8) is 0 Å². The first kappa shape index (κ1) is 55.9. The maximum atomic E-state index is 12.7. The van der Waals surface area contributed by atoms with Gasteiger partial charge in [0.2, 0.25) is 0 Å². The van der Waals surface area contributed by atoms with Crippen molar-refractivity contribution < 1.29 is 28.6 Å². The highest BCUT2D eigenvalue weighted by Crippen LogP contribution is 2.13. The minimum absolute atomic E-state index is 0.0953. The van der Waals surface area contributed by atoms with Gasteiger partial charge in [-0.2, -0.15) is 0 Å². The average Bonchev–Trinajstić information content (AvgIpc) is 3.23. The molecule has 0 rings (SSSR count). The van der Waals surface area contributed by atoms with Crippen LogP contribution in [0, 0.1) is 0 Å². The molecular weight excluding hydrogens is 733 g/mol. The summed E-state index contributed by atoms with van der Waals surface area (Å²) in [5, 5.41) is 0. The number of esters is 3. The van der Waals surface area contributed by atoms with E-state index in [1.165, 1.54) is 89.9 Å². The molecule has 0 aromatic heterocycles. The standard InChI is InChI=1S/C53H90O6/c1-4-7-10-13-16-19-21-23-25-26-28-29-31-34-37-40-43-46-52(55)58-49-50(48-57-51(54)45-42-39-36-33-18-15-12-9-6-3)59-53(56)47-44-41-38-35-32-30-27-24-22-20-17-14-11-8-5-2/h9,12,16-20,22-25,33,50H,4-8,10-11,13-15,21,26-32,34-49H2,1-3H3/b12-9-,19-16-,20-17-,24-22-,25-23-,33-18-. The van der Waals surface area contributed by atoms with Crippen LogP contribution in [0.25, 0.3) is 0 Å². The van der Waals surface area contributed by atoms with Crippen molar-refractivity contribution in [2.45, 2.75) is 232 Å². The molecule has 0 aliphatic heterocycles. The first-order valence-corrected chi connectivity index (χ1v) is 24.5. The predicted molar refractivity (Wildman–Crippen MR) is 251 cm³/mol. The van der Waals surface area contributed by atoms with Crippen molar-refractivity contribution in [1.29, 1.82) is 0 Å². The number of rotatable bonds is 43. The van der Waals surface area contributed by atoms with E-state index in [1.807, 2.05) is 0 Å². The molecule has 0 aliphatic rings. The van der Waals surface area contributed by atoms with Gasteiger partial charge in [0.25, 0.3) is 0 Å². The molecule has 0 N–H and O–H groups in total. The van der Waals surface area contributed by atoms with Crippen LogP contribution in [0.4, 0.5) is 0 Å². The van der Waals surface area contributed by atoms with Crippen molar-refractivity contribution in [3.05, 3.63) is 72.9 Å². The van der Waals surface area contributed by atoms with Gasteiger partial charge in [-0.1, -0.05) is 177 Å². The molecule has 0 fully saturated rings. The Morgan fingerprint density at radius 1 is 0.373 bits per heavy atom. The molecule has 6 nitrogen and oxygen atoms in total. The van der Waals surface area contributed by atoms with Crippen molar-refractivity contribution in [2.75, 3.05) is 13.2 Å². The van der Waals surface area contributed by atoms with Crippen LogP contribution in [0.3, 0.4) is 0 Å². The van der Waals surface area contributed by atoms with E-state index in [-0.39, 0.29) is 31.1 Å². The first-order valence-electron chi connectivity index (χ1n) is 24.5. The molecule has 0 spiro atoms. The molecular formula is C53H90O6. The second-order valence-electron chi connectivity index (χ2n) is 16.0. The number of hydrogen-bond donors (Lipinski definition) is 0. The van der Waals surface area contributed by atoms with Gasteiger partial charge in [0.1, 0.15) is 13.2 Å². The average molecular weight is 823 g/mol. The van der Waals surface area contributed by atoms with E-state index in [0.29, 0.717) is 19.3 Å². The van der Waals surface area contributed by atoms with E-state index in [4.69, 9.17) is 14.2 Å². The SMILES string of the molecule is CC/C=C\C/C=C\CCCCC(=O)OCC(COC(=O)CCCCCCCCC/C=C\C/C=C\CCCCC)OC(=O)CCCCCCCC/C=C\C=C/CCCCC. The van der Waals surface area contributed by atoms with Crippen LogP contribution in [-0.2, 0) is 28.6 Å². The Morgan fingerprint density at radius 2 is 0.712 bits per heavy atom. The molecule has 0 aliphatic carbocycles. The predicted octanol–water partition coefficient (Wildman–Crippen LogP) is 15.9. The summed E-state index contributed by atoms with van der Waals surface area (Å²) in [6.07, 6.45) is 58.9. The fraction of sp³-hybridized carbons (Fsp3) is 0.717. The number of allylic oxidation sites excluding steroid dienone is 12. The zero-order valence-electron chi connectivity index (χ0n) is 38.5. The highest BCUT2D eigenvalue weighted by atomic mass is 16.6. The van der Waals surface area contributed by atoms with Gasteiger partial charge in [0.05, 0.1) is 0 Å². The van der Waals surface area contributed by atoms with Crippen LogP contribution < -0.4 is 0 Å². The molecule has 59 heavy (non-hydrogen) atoms. The van der Waals surface area contributed by atoms with Crippen molar-refractivity contribution in [3.8, 4) is 0 Å². The summed E-state index contributed by atoms with van der Waals surface area (Å²) in [4.78, 5) is 37.8. The van der Waals surface area contributed by atoms with Gasteiger partial charge in [-0.05, 0) is 103 Å². The highest BCUT2D eigenvalue weighted by Gasteiger charge is 2.19. The van der Waals surface area contributed by atoms with E-state index in [9.17, 15) is 14.4 Å². The van der Waals surface area contributed by atoms with Crippen LogP contribution in [-0.4, -0.2) is 37.2 Å². The summed E-state index contributed by atoms with van der Waals surface area (Å²) in [5.74, 6) is -0.955. The summed E-state index contributed by atoms with van der Waals surface area (Å²) in [6.45, 7) is 6.40. The lowest BCUT2D eigenvalue weighted by Gasteiger charge is -2.18. The molecule has 0 saturated carbocycles. The smallest absolute Gasteiger partial charge is 0.306 e. The summed E-state index contributed by atoms with van der Waals surface area (Å²) in [7, 11) is 0. The third kappa shape index (κ3) is 45.8. The summed E-state index contributed by atoms with van der Waals surface area (Å²) >= 11 is 0. The maximum absolute atomic E-state index is 12.7. The lowest BCUT2D eigenvalue weighted by Crippen LogP contribution is -2.30. The van der Waals surface area contributed by atoms with Crippen molar-refractivity contribution >= 4 is 17.9 Å². The van der Waals surface area contributed by atoms with Crippen LogP contribution in [0.1, 0.15) is 226 Å². The van der Waals surface area contributed by atoms with E-state index in [1.54, 1.807) is 0 Å². The normalized spacial score (nSPS) is 12.7. The van der Waals surface area contributed by atoms with Gasteiger partial charge < -0.3 is 14.2 Å². The van der Waals surface area contributed by atoms with Crippen molar-refractivity contribution in [2.24, 2.45) is 0 Å². The third-order valence-corrected chi connectivity index (χ3v) is 10.2. The van der Waals surface area contributed by atoms with Crippen LogP contribution >= 0.6 is 0 Å². The zero-order valence-corrected chi connectivity index (χ0v) is 38.5. The van der Waals surface area contributed by atoms with Crippen LogP contribution in [0.2, 0.25) is 0 Å². The first-order chi connectivity index (χ1) is 29.0. The van der Waals surface area contributed by atoms with E-state index >= 15 is 0 Å². The van der Waals surface area contributed by atoms with Crippen molar-refractivity contribution in [1.82, 2.24) is 0 Å². The van der Waals surface area contributed by atoms with Gasteiger partial charge in [0, 0.05) is 19.3 Å². The highest BCUT2D eigenvalue weighted by molar-refractivity contribution is 5.71. The molecule has 6 heteroatoms. The lowest BCUT2D eigenvalue weighted by molar-refractivity contribution is -0.167. The van der Waals surface area contributed by atoms with E-state index < -0.39 is 6.10 Å². The topological polar surface area (TPSA) is 78.9 Å². The minimum atomic E-state index is -0.796. The lowest BCUT2D eigenvalue weighted by atomic mass is 10.1.